The molecular formula is C18H26O2. The van der Waals surface area contributed by atoms with E-state index in [1.54, 1.807) is 12.1 Å². The van der Waals surface area contributed by atoms with Gasteiger partial charge in [0.05, 0.1) is 0 Å². The summed E-state index contributed by atoms with van der Waals surface area (Å²) < 4.78 is 0. The van der Waals surface area contributed by atoms with Gasteiger partial charge in [-0.3, -0.25) is 0 Å². The van der Waals surface area contributed by atoms with Crippen molar-refractivity contribution in [3.05, 3.63) is 59.7 Å². The zero-order valence-corrected chi connectivity index (χ0v) is 13.1. The Morgan fingerprint density at radius 1 is 0.800 bits per heavy atom. The molecule has 20 heavy (non-hydrogen) atoms. The van der Waals surface area contributed by atoms with Crippen molar-refractivity contribution >= 4 is 0 Å². The van der Waals surface area contributed by atoms with Gasteiger partial charge in [0.25, 0.3) is 0 Å². The van der Waals surface area contributed by atoms with Gasteiger partial charge in [0.2, 0.25) is 0 Å². The third-order valence-electron chi connectivity index (χ3n) is 2.78. The van der Waals surface area contributed by atoms with Crippen LogP contribution in [0.1, 0.15) is 51.7 Å². The third kappa shape index (κ3) is 4.96. The van der Waals surface area contributed by atoms with Crippen LogP contribution in [0, 0.1) is 0 Å². The minimum Gasteiger partial charge on any atom is -0.508 e. The summed E-state index contributed by atoms with van der Waals surface area (Å²) in [6.07, 6.45) is 0. The van der Waals surface area contributed by atoms with Crippen molar-refractivity contribution < 1.29 is 10.2 Å². The first kappa shape index (κ1) is 18.0. The third-order valence-corrected chi connectivity index (χ3v) is 2.78. The molecule has 0 aliphatic heterocycles. The molecule has 1 unspecified atom stereocenters. The smallest absolute Gasteiger partial charge is 0.123 e. The summed E-state index contributed by atoms with van der Waals surface area (Å²) in [6, 6.07) is 14.7. The summed E-state index contributed by atoms with van der Waals surface area (Å²) in [7, 11) is 0. The Balaban J connectivity index is 0.000000829. The molecule has 2 heteroatoms. The molecule has 0 spiro atoms. The van der Waals surface area contributed by atoms with Crippen LogP contribution < -0.4 is 0 Å². The number of aromatic hydroxyl groups is 2. The van der Waals surface area contributed by atoms with Gasteiger partial charge in [-0.15, -0.1) is 0 Å². The van der Waals surface area contributed by atoms with Gasteiger partial charge in [0.1, 0.15) is 11.5 Å². The molecule has 0 heterocycles. The lowest BCUT2D eigenvalue weighted by atomic mass is 9.92. The van der Waals surface area contributed by atoms with Gasteiger partial charge in [0, 0.05) is 17.5 Å². The number of phenols is 2. The fourth-order valence-electron chi connectivity index (χ4n) is 1.82. The van der Waals surface area contributed by atoms with Crippen LogP contribution in [0.4, 0.5) is 0 Å². The molecule has 0 aliphatic rings. The second-order valence-electron chi connectivity index (χ2n) is 3.88. The standard InChI is InChI=1S/C14H14O2.2C2H6/c1-10(11-5-3-2-4-6-11)13-8-7-12(15)9-14(13)16;2*1-2/h2-10,15-16H,1H3;2*1-2H3. The van der Waals surface area contributed by atoms with Crippen LogP contribution in [0.15, 0.2) is 48.5 Å². The maximum absolute atomic E-state index is 9.76. The van der Waals surface area contributed by atoms with Gasteiger partial charge in [-0.1, -0.05) is 71.0 Å². The van der Waals surface area contributed by atoms with Gasteiger partial charge in [-0.05, 0) is 11.6 Å². The van der Waals surface area contributed by atoms with Gasteiger partial charge >= 0.3 is 0 Å². The highest BCUT2D eigenvalue weighted by Gasteiger charge is 2.12. The molecule has 110 valence electrons. The maximum atomic E-state index is 9.76. The number of benzene rings is 2. The van der Waals surface area contributed by atoms with Crippen molar-refractivity contribution in [3.8, 4) is 11.5 Å². The fraction of sp³-hybridized carbons (Fsp3) is 0.333. The molecule has 0 saturated heterocycles. The molecule has 0 bridgehead atoms. The van der Waals surface area contributed by atoms with Crippen LogP contribution in [0.25, 0.3) is 0 Å². The molecule has 0 aliphatic carbocycles. The van der Waals surface area contributed by atoms with Crippen LogP contribution in [0.2, 0.25) is 0 Å². The second kappa shape index (κ2) is 9.90. The SMILES string of the molecule is CC.CC.CC(c1ccccc1)c1ccc(O)cc1O. The highest BCUT2D eigenvalue weighted by Crippen LogP contribution is 2.32. The molecule has 0 radical (unpaired) electrons. The highest BCUT2D eigenvalue weighted by atomic mass is 16.3. The van der Waals surface area contributed by atoms with E-state index in [1.165, 1.54) is 6.07 Å². The highest BCUT2D eigenvalue weighted by molar-refractivity contribution is 5.44. The molecule has 0 aromatic heterocycles. The Kier molecular flexibility index (Phi) is 8.93. The van der Waals surface area contributed by atoms with E-state index < -0.39 is 0 Å². The van der Waals surface area contributed by atoms with E-state index in [0.717, 1.165) is 11.1 Å². The fourth-order valence-corrected chi connectivity index (χ4v) is 1.82. The van der Waals surface area contributed by atoms with Gasteiger partial charge in [-0.2, -0.15) is 0 Å². The summed E-state index contributed by atoms with van der Waals surface area (Å²) >= 11 is 0. The summed E-state index contributed by atoms with van der Waals surface area (Å²) in [5, 5.41) is 19.0. The minimum absolute atomic E-state index is 0.0847. The number of phenolic OH excluding ortho intramolecular Hbond substituents is 2. The van der Waals surface area contributed by atoms with E-state index in [4.69, 9.17) is 0 Å². The van der Waals surface area contributed by atoms with Crippen molar-refractivity contribution in [2.45, 2.75) is 40.5 Å². The summed E-state index contributed by atoms with van der Waals surface area (Å²) in [5.74, 6) is 0.333. The number of hydrogen-bond acceptors (Lipinski definition) is 2. The number of rotatable bonds is 2. The monoisotopic (exact) mass is 274 g/mol. The molecule has 0 fully saturated rings. The van der Waals surface area contributed by atoms with Crippen LogP contribution in [-0.2, 0) is 0 Å². The first-order valence-corrected chi connectivity index (χ1v) is 7.25. The Hall–Kier alpha value is -1.96. The van der Waals surface area contributed by atoms with Gasteiger partial charge in [0.15, 0.2) is 0 Å². The lowest BCUT2D eigenvalue weighted by molar-refractivity contribution is 0.444. The molecule has 2 nitrogen and oxygen atoms in total. The summed E-state index contributed by atoms with van der Waals surface area (Å²) in [6.45, 7) is 10.0. The predicted molar refractivity (Wildman–Crippen MR) is 86.4 cm³/mol. The van der Waals surface area contributed by atoms with E-state index >= 15 is 0 Å². The maximum Gasteiger partial charge on any atom is 0.123 e. The van der Waals surface area contributed by atoms with E-state index in [-0.39, 0.29) is 17.4 Å². The molecule has 1 atom stereocenters. The van der Waals surface area contributed by atoms with Gasteiger partial charge in [-0.25, -0.2) is 0 Å². The molecular weight excluding hydrogens is 248 g/mol. The molecule has 0 saturated carbocycles. The Morgan fingerprint density at radius 2 is 1.35 bits per heavy atom. The van der Waals surface area contributed by atoms with E-state index in [1.807, 2.05) is 65.0 Å². The van der Waals surface area contributed by atoms with Crippen molar-refractivity contribution in [3.63, 3.8) is 0 Å². The van der Waals surface area contributed by atoms with Crippen molar-refractivity contribution in [2.75, 3.05) is 0 Å². The molecule has 2 aromatic rings. The normalized spacial score (nSPS) is 10.4. The first-order chi connectivity index (χ1) is 9.68. The van der Waals surface area contributed by atoms with Crippen LogP contribution in [0.3, 0.4) is 0 Å². The summed E-state index contributed by atoms with van der Waals surface area (Å²) in [4.78, 5) is 0. The van der Waals surface area contributed by atoms with Crippen LogP contribution >= 0.6 is 0 Å². The average Bonchev–Trinajstić information content (AvgIpc) is 2.51. The van der Waals surface area contributed by atoms with Crippen LogP contribution in [0.5, 0.6) is 11.5 Å². The Bertz CT molecular complexity index is 478. The zero-order valence-electron chi connectivity index (χ0n) is 13.1. The van der Waals surface area contributed by atoms with E-state index in [9.17, 15) is 10.2 Å². The minimum atomic E-state index is 0.0847. The van der Waals surface area contributed by atoms with Crippen molar-refractivity contribution in [1.82, 2.24) is 0 Å². The van der Waals surface area contributed by atoms with Gasteiger partial charge < -0.3 is 10.2 Å². The summed E-state index contributed by atoms with van der Waals surface area (Å²) in [5.41, 5.74) is 1.97. The quantitative estimate of drug-likeness (QED) is 0.780. The van der Waals surface area contributed by atoms with Crippen molar-refractivity contribution in [2.24, 2.45) is 0 Å². The zero-order chi connectivity index (χ0) is 15.5. The Morgan fingerprint density at radius 3 is 1.85 bits per heavy atom. The van der Waals surface area contributed by atoms with Crippen molar-refractivity contribution in [1.29, 1.82) is 0 Å². The predicted octanol–water partition coefficient (Wildman–Crippen LogP) is 5.30. The molecule has 2 rings (SSSR count). The molecule has 2 aromatic carbocycles. The molecule has 2 N–H and O–H groups in total. The topological polar surface area (TPSA) is 40.5 Å². The van der Waals surface area contributed by atoms with E-state index in [2.05, 4.69) is 0 Å². The Labute approximate surface area is 122 Å². The lowest BCUT2D eigenvalue weighted by Crippen LogP contribution is -1.95. The lowest BCUT2D eigenvalue weighted by Gasteiger charge is -2.14. The number of hydrogen-bond donors (Lipinski definition) is 2. The van der Waals surface area contributed by atoms with E-state index in [0.29, 0.717) is 0 Å². The second-order valence-corrected chi connectivity index (χ2v) is 3.88. The first-order valence-electron chi connectivity index (χ1n) is 7.25. The average molecular weight is 274 g/mol. The largest absolute Gasteiger partial charge is 0.508 e. The van der Waals surface area contributed by atoms with Crippen LogP contribution in [-0.4, -0.2) is 10.2 Å². The molecule has 0 amide bonds.